The Morgan fingerprint density at radius 1 is 1.67 bits per heavy atom. The second-order valence-corrected chi connectivity index (χ2v) is 3.70. The van der Waals surface area contributed by atoms with Gasteiger partial charge in [0.25, 0.3) is 0 Å². The monoisotopic (exact) mass is 194 g/mol. The number of hydrogen-bond donors (Lipinski definition) is 1. The predicted octanol–water partition coefficient (Wildman–Crippen LogP) is 1.88. The molecule has 0 aliphatic rings. The Hall–Kier alpha value is -0.0500. The maximum absolute atomic E-state index is 10.1. The summed E-state index contributed by atoms with van der Waals surface area (Å²) in [6, 6.07) is 0. The van der Waals surface area contributed by atoms with E-state index < -0.39 is 5.97 Å². The number of hydrogen-bond acceptors (Lipinski definition) is 1. The van der Waals surface area contributed by atoms with Crippen molar-refractivity contribution in [3.63, 3.8) is 0 Å². The van der Waals surface area contributed by atoms with Crippen LogP contribution in [0.4, 0.5) is 0 Å². The molecule has 0 radical (unpaired) electrons. The van der Waals surface area contributed by atoms with Crippen LogP contribution in [0.1, 0.15) is 20.3 Å². The topological polar surface area (TPSA) is 37.3 Å². The lowest BCUT2D eigenvalue weighted by atomic mass is 10.1. The Morgan fingerprint density at radius 3 is 2.22 bits per heavy atom. The van der Waals surface area contributed by atoms with Crippen LogP contribution >= 0.6 is 15.9 Å². The summed E-state index contributed by atoms with van der Waals surface area (Å²) >= 11 is 3.30. The van der Waals surface area contributed by atoms with E-state index >= 15 is 0 Å². The summed E-state index contributed by atoms with van der Waals surface area (Å²) in [6.07, 6.45) is 0.242. The molecule has 1 N–H and O–H groups in total. The highest BCUT2D eigenvalue weighted by Crippen LogP contribution is 2.14. The number of alkyl halides is 1. The third kappa shape index (κ3) is 4.45. The molecule has 0 rings (SSSR count). The first-order chi connectivity index (χ1) is 4.04. The summed E-state index contributed by atoms with van der Waals surface area (Å²) in [5.41, 5.74) is 0. The van der Waals surface area contributed by atoms with E-state index in [1.54, 1.807) is 0 Å². The molecule has 0 bridgehead atoms. The summed E-state index contributed by atoms with van der Waals surface area (Å²) in [7, 11) is 0. The second-order valence-electron chi connectivity index (χ2n) is 2.25. The van der Waals surface area contributed by atoms with Gasteiger partial charge in [-0.15, -0.1) is 0 Å². The van der Waals surface area contributed by atoms with E-state index in [1.807, 2.05) is 13.8 Å². The maximum Gasteiger partial charge on any atom is 0.303 e. The Bertz CT molecular complexity index is 101. The van der Waals surface area contributed by atoms with Gasteiger partial charge in [-0.05, 0) is 5.92 Å². The second kappa shape index (κ2) is 3.88. The van der Waals surface area contributed by atoms with Crippen LogP contribution in [0.15, 0.2) is 0 Å². The minimum Gasteiger partial charge on any atom is -0.481 e. The summed E-state index contributed by atoms with van der Waals surface area (Å²) < 4.78 is 0. The first kappa shape index (κ1) is 8.95. The average molecular weight is 195 g/mol. The molecule has 54 valence electrons. The Labute approximate surface area is 63.4 Å². The van der Waals surface area contributed by atoms with Gasteiger partial charge in [-0.1, -0.05) is 29.8 Å². The van der Waals surface area contributed by atoms with Crippen molar-refractivity contribution >= 4 is 21.9 Å². The molecular formula is C6H11BrO2. The van der Waals surface area contributed by atoms with Gasteiger partial charge in [0, 0.05) is 11.2 Å². The SMILES string of the molecule is C[C@@H](Br)[C@@H](C)CC(=O)O. The molecule has 9 heavy (non-hydrogen) atoms. The molecule has 0 unspecified atom stereocenters. The fourth-order valence-corrected chi connectivity index (χ4v) is 0.625. The fourth-order valence-electron chi connectivity index (χ4n) is 0.438. The average Bonchev–Trinajstić information content (AvgIpc) is 1.63. The van der Waals surface area contributed by atoms with Crippen molar-refractivity contribution in [2.24, 2.45) is 5.92 Å². The lowest BCUT2D eigenvalue weighted by molar-refractivity contribution is -0.137. The van der Waals surface area contributed by atoms with E-state index in [2.05, 4.69) is 15.9 Å². The zero-order chi connectivity index (χ0) is 7.44. The lowest BCUT2D eigenvalue weighted by Crippen LogP contribution is -2.11. The molecule has 0 saturated carbocycles. The third-order valence-electron chi connectivity index (χ3n) is 1.28. The van der Waals surface area contributed by atoms with Crippen LogP contribution in [0.2, 0.25) is 0 Å². The number of aliphatic carboxylic acids is 1. The van der Waals surface area contributed by atoms with Gasteiger partial charge in [0.05, 0.1) is 0 Å². The van der Waals surface area contributed by atoms with Crippen molar-refractivity contribution < 1.29 is 9.90 Å². The van der Waals surface area contributed by atoms with E-state index in [0.29, 0.717) is 0 Å². The summed E-state index contributed by atoms with van der Waals surface area (Å²) in [5, 5.41) is 8.31. The largest absolute Gasteiger partial charge is 0.481 e. The molecule has 0 saturated heterocycles. The Morgan fingerprint density at radius 2 is 2.11 bits per heavy atom. The van der Waals surface area contributed by atoms with Crippen LogP contribution in [0.3, 0.4) is 0 Å². The van der Waals surface area contributed by atoms with Crippen molar-refractivity contribution in [3.8, 4) is 0 Å². The maximum atomic E-state index is 10.1. The number of carboxylic acid groups (broad SMARTS) is 1. The van der Waals surface area contributed by atoms with Crippen molar-refractivity contribution in [2.75, 3.05) is 0 Å². The van der Waals surface area contributed by atoms with Crippen LogP contribution in [0, 0.1) is 5.92 Å². The van der Waals surface area contributed by atoms with Crippen LogP contribution in [0.5, 0.6) is 0 Å². The molecule has 0 aromatic carbocycles. The van der Waals surface area contributed by atoms with Crippen LogP contribution in [0.25, 0.3) is 0 Å². The van der Waals surface area contributed by atoms with E-state index in [4.69, 9.17) is 5.11 Å². The fraction of sp³-hybridized carbons (Fsp3) is 0.833. The minimum absolute atomic E-state index is 0.211. The number of rotatable bonds is 3. The van der Waals surface area contributed by atoms with Crippen LogP contribution in [-0.4, -0.2) is 15.9 Å². The van der Waals surface area contributed by atoms with Gasteiger partial charge in [0.15, 0.2) is 0 Å². The highest BCUT2D eigenvalue weighted by atomic mass is 79.9. The molecule has 2 nitrogen and oxygen atoms in total. The minimum atomic E-state index is -0.728. The van der Waals surface area contributed by atoms with Gasteiger partial charge in [-0.2, -0.15) is 0 Å². The van der Waals surface area contributed by atoms with Gasteiger partial charge in [0.2, 0.25) is 0 Å². The highest BCUT2D eigenvalue weighted by molar-refractivity contribution is 9.09. The molecule has 0 heterocycles. The lowest BCUT2D eigenvalue weighted by Gasteiger charge is -2.09. The van der Waals surface area contributed by atoms with E-state index in [9.17, 15) is 4.79 Å². The van der Waals surface area contributed by atoms with Crippen LogP contribution in [-0.2, 0) is 4.79 Å². The predicted molar refractivity (Wildman–Crippen MR) is 39.8 cm³/mol. The van der Waals surface area contributed by atoms with E-state index in [1.165, 1.54) is 0 Å². The van der Waals surface area contributed by atoms with Crippen molar-refractivity contribution in [3.05, 3.63) is 0 Å². The number of carbonyl (C=O) groups is 1. The molecule has 0 spiro atoms. The first-order valence-corrected chi connectivity index (χ1v) is 3.81. The standard InChI is InChI=1S/C6H11BrO2/c1-4(5(2)7)3-6(8)9/h4-5H,3H2,1-2H3,(H,8,9)/t4-,5+/m0/s1. The van der Waals surface area contributed by atoms with Gasteiger partial charge < -0.3 is 5.11 Å². The van der Waals surface area contributed by atoms with E-state index in [-0.39, 0.29) is 17.2 Å². The highest BCUT2D eigenvalue weighted by Gasteiger charge is 2.11. The zero-order valence-electron chi connectivity index (χ0n) is 5.60. The van der Waals surface area contributed by atoms with Gasteiger partial charge >= 0.3 is 5.97 Å². The molecule has 0 aromatic heterocycles. The molecule has 0 aliphatic heterocycles. The molecule has 3 heteroatoms. The summed E-state index contributed by atoms with van der Waals surface area (Å²) in [5.74, 6) is -0.517. The normalized spacial score (nSPS) is 16.8. The smallest absolute Gasteiger partial charge is 0.303 e. The third-order valence-corrected chi connectivity index (χ3v) is 2.18. The molecule has 0 fully saturated rings. The summed E-state index contributed by atoms with van der Waals surface area (Å²) in [4.78, 5) is 10.4. The zero-order valence-corrected chi connectivity index (χ0v) is 7.18. The van der Waals surface area contributed by atoms with Gasteiger partial charge in [0.1, 0.15) is 0 Å². The first-order valence-electron chi connectivity index (χ1n) is 2.90. The molecule has 0 amide bonds. The molecule has 2 atom stereocenters. The Kier molecular flexibility index (Phi) is 3.86. The molecule has 0 aliphatic carbocycles. The van der Waals surface area contributed by atoms with Gasteiger partial charge in [-0.3, -0.25) is 4.79 Å². The summed E-state index contributed by atoms with van der Waals surface area (Å²) in [6.45, 7) is 3.86. The van der Waals surface area contributed by atoms with Crippen molar-refractivity contribution in [1.82, 2.24) is 0 Å². The van der Waals surface area contributed by atoms with E-state index in [0.717, 1.165) is 0 Å². The number of halogens is 1. The molecular weight excluding hydrogens is 184 g/mol. The van der Waals surface area contributed by atoms with Gasteiger partial charge in [-0.25, -0.2) is 0 Å². The van der Waals surface area contributed by atoms with Crippen LogP contribution < -0.4 is 0 Å². The Balaban J connectivity index is 3.50. The van der Waals surface area contributed by atoms with Crippen molar-refractivity contribution in [2.45, 2.75) is 25.1 Å². The van der Waals surface area contributed by atoms with Crippen molar-refractivity contribution in [1.29, 1.82) is 0 Å². The molecule has 0 aromatic rings. The quantitative estimate of drug-likeness (QED) is 0.698. The number of carboxylic acids is 1.